The molecule has 0 saturated carbocycles. The fourth-order valence-corrected chi connectivity index (χ4v) is 19.9. The van der Waals surface area contributed by atoms with Gasteiger partial charge >= 0.3 is 6.01 Å². The van der Waals surface area contributed by atoms with Gasteiger partial charge in [0.15, 0.2) is 5.58 Å². The lowest BCUT2D eigenvalue weighted by molar-refractivity contribution is 0.574. The van der Waals surface area contributed by atoms with Crippen LogP contribution in [0.3, 0.4) is 0 Å². The van der Waals surface area contributed by atoms with Crippen LogP contribution in [0.5, 0.6) is 0 Å². The molecule has 0 amide bonds. The fourth-order valence-electron chi connectivity index (χ4n) is 16.3. The normalized spacial score (nSPS) is 12.4. The number of oxazole rings is 1. The van der Waals surface area contributed by atoms with Crippen LogP contribution < -0.4 is 0 Å². The zero-order valence-corrected chi connectivity index (χ0v) is 54.9. The number of hydrogen-bond donors (Lipinski definition) is 0. The molecule has 23 rings (SSSR count). The zero-order chi connectivity index (χ0) is 64.3. The van der Waals surface area contributed by atoms with Crippen LogP contribution in [-0.2, 0) is 0 Å². The average molecular weight is 1320 g/mol. The third-order valence-electron chi connectivity index (χ3n) is 20.6. The van der Waals surface area contributed by atoms with Gasteiger partial charge in [0, 0.05) is 104 Å². The maximum absolute atomic E-state index is 6.62. The summed E-state index contributed by atoms with van der Waals surface area (Å²) in [5.74, 6) is 1.69. The van der Waals surface area contributed by atoms with Gasteiger partial charge in [0.25, 0.3) is 0 Å². The van der Waals surface area contributed by atoms with Crippen molar-refractivity contribution in [3.63, 3.8) is 0 Å². The van der Waals surface area contributed by atoms with Crippen molar-refractivity contribution in [1.82, 2.24) is 37.8 Å². The summed E-state index contributed by atoms with van der Waals surface area (Å²) in [5, 5.41) is 14.6. The molecule has 9 nitrogen and oxygen atoms in total. The molecule has 0 bridgehead atoms. The Kier molecular flexibility index (Phi) is 10.9. The van der Waals surface area contributed by atoms with E-state index in [0.29, 0.717) is 6.01 Å². The molecule has 99 heavy (non-hydrogen) atoms. The minimum atomic E-state index is 0.559. The van der Waals surface area contributed by atoms with Gasteiger partial charge in [0.1, 0.15) is 5.52 Å². The van der Waals surface area contributed by atoms with Gasteiger partial charge in [-0.15, -0.1) is 34.0 Å². The van der Waals surface area contributed by atoms with E-state index in [1.165, 1.54) is 93.0 Å². The van der Waals surface area contributed by atoms with Gasteiger partial charge in [-0.25, -0.2) is 9.97 Å². The Bertz CT molecular complexity index is 7420. The van der Waals surface area contributed by atoms with Crippen molar-refractivity contribution in [2.75, 3.05) is 0 Å². The van der Waals surface area contributed by atoms with Crippen LogP contribution in [0.15, 0.2) is 296 Å². The molecule has 0 radical (unpaired) electrons. The molecule has 0 N–H and O–H groups in total. The standard InChI is InChI=1S/C87H48N8OS3/c1-2-19-52(20-3-1)91-70-32-12-7-27-65(70)89-86(91)95-68-30-10-4-22-55(68)58-40-43-78-81(82(58)95)61-26-17-25-54(83(61)99-78)51-18-16-21-53(44-51)92-71-33-13-8-28-66(71)88-85(92)93-69-31-11-5-24-60(69)80-72(93)41-39-59-63-45-49(37-42-77(63)98-84(59)80)50-36-38-56-62-47-64-57-23-6-15-35-76(57)97-79(64)48-74(62)94(73(56)46-50)87-90-67-29-9-14-34-75(67)96-87/h1-48H. The summed E-state index contributed by atoms with van der Waals surface area (Å²) in [6.07, 6.45) is 0. The lowest BCUT2D eigenvalue weighted by Crippen LogP contribution is -2.05. The molecule has 14 aromatic carbocycles. The summed E-state index contributed by atoms with van der Waals surface area (Å²) in [6, 6.07) is 106. The van der Waals surface area contributed by atoms with E-state index in [1.54, 1.807) is 0 Å². The van der Waals surface area contributed by atoms with Gasteiger partial charge in [0.2, 0.25) is 11.9 Å². The number of benzene rings is 14. The van der Waals surface area contributed by atoms with E-state index < -0.39 is 0 Å². The predicted molar refractivity (Wildman–Crippen MR) is 416 cm³/mol. The first-order valence-corrected chi connectivity index (χ1v) is 35.7. The van der Waals surface area contributed by atoms with E-state index in [4.69, 9.17) is 19.4 Å². The van der Waals surface area contributed by atoms with Crippen LogP contribution in [0.2, 0.25) is 0 Å². The van der Waals surface area contributed by atoms with Gasteiger partial charge in [-0.2, -0.15) is 4.98 Å². The fraction of sp³-hybridized carbons (Fsp3) is 0. The average Bonchev–Trinajstić information content (AvgIpc) is 1.56. The van der Waals surface area contributed by atoms with Crippen molar-refractivity contribution in [3.8, 4) is 51.5 Å². The third-order valence-corrected chi connectivity index (χ3v) is 24.1. The highest BCUT2D eigenvalue weighted by Gasteiger charge is 2.27. The Morgan fingerprint density at radius 2 is 0.859 bits per heavy atom. The highest BCUT2D eigenvalue weighted by molar-refractivity contribution is 7.27. The molecular weight excluding hydrogens is 1270 g/mol. The lowest BCUT2D eigenvalue weighted by atomic mass is 10.0. The Hall–Kier alpha value is -12.5. The Balaban J connectivity index is 0.674. The summed E-state index contributed by atoms with van der Waals surface area (Å²) in [6.45, 7) is 0. The number of nitrogens with zero attached hydrogens (tertiary/aromatic N) is 8. The summed E-state index contributed by atoms with van der Waals surface area (Å²) < 4.78 is 25.8. The summed E-state index contributed by atoms with van der Waals surface area (Å²) >= 11 is 5.56. The molecule has 0 aliphatic heterocycles. The second-order valence-electron chi connectivity index (χ2n) is 25.8. The lowest BCUT2D eigenvalue weighted by Gasteiger charge is -2.14. The first-order valence-electron chi connectivity index (χ1n) is 33.2. The van der Waals surface area contributed by atoms with E-state index in [0.717, 1.165) is 112 Å². The Morgan fingerprint density at radius 3 is 1.70 bits per heavy atom. The number of fused-ring (bicyclic) bond motifs is 23. The van der Waals surface area contributed by atoms with Gasteiger partial charge in [0.05, 0.1) is 55.2 Å². The topological polar surface area (TPSA) is 76.5 Å². The molecule has 460 valence electrons. The van der Waals surface area contributed by atoms with E-state index >= 15 is 0 Å². The van der Waals surface area contributed by atoms with Crippen molar-refractivity contribution in [2.24, 2.45) is 0 Å². The van der Waals surface area contributed by atoms with Crippen molar-refractivity contribution in [2.45, 2.75) is 0 Å². The van der Waals surface area contributed by atoms with Crippen LogP contribution >= 0.6 is 34.0 Å². The first kappa shape index (κ1) is 53.8. The quantitative estimate of drug-likeness (QED) is 0.159. The summed E-state index contributed by atoms with van der Waals surface area (Å²) in [7, 11) is 0. The number of imidazole rings is 2. The smallest absolute Gasteiger partial charge is 0.307 e. The number of thiophene rings is 3. The summed E-state index contributed by atoms with van der Waals surface area (Å²) in [5.41, 5.74) is 18.8. The molecule has 9 aromatic heterocycles. The largest absolute Gasteiger partial charge is 0.423 e. The number of aromatic nitrogens is 8. The molecule has 0 unspecified atom stereocenters. The molecule has 0 aliphatic rings. The zero-order valence-electron chi connectivity index (χ0n) is 52.4. The third kappa shape index (κ3) is 7.53. The molecular formula is C87H48N8OS3. The van der Waals surface area contributed by atoms with Crippen LogP contribution in [0.4, 0.5) is 0 Å². The molecule has 0 aliphatic carbocycles. The molecule has 12 heteroatoms. The molecule has 9 heterocycles. The van der Waals surface area contributed by atoms with Gasteiger partial charge in [-0.3, -0.25) is 22.8 Å². The monoisotopic (exact) mass is 1320 g/mol. The highest BCUT2D eigenvalue weighted by atomic mass is 32.1. The van der Waals surface area contributed by atoms with Crippen molar-refractivity contribution in [3.05, 3.63) is 291 Å². The predicted octanol–water partition coefficient (Wildman–Crippen LogP) is 24.2. The van der Waals surface area contributed by atoms with Gasteiger partial charge in [-0.05, 0) is 144 Å². The number of hydrogen-bond acceptors (Lipinski definition) is 7. The Labute approximate surface area is 574 Å². The first-order chi connectivity index (χ1) is 49.1. The number of rotatable bonds is 7. The maximum atomic E-state index is 6.62. The van der Waals surface area contributed by atoms with Crippen LogP contribution in [0.1, 0.15) is 0 Å². The van der Waals surface area contributed by atoms with Gasteiger partial charge < -0.3 is 4.42 Å². The molecule has 23 aromatic rings. The van der Waals surface area contributed by atoms with E-state index in [-0.39, 0.29) is 0 Å². The molecule has 0 fully saturated rings. The van der Waals surface area contributed by atoms with E-state index in [2.05, 4.69) is 290 Å². The summed E-state index contributed by atoms with van der Waals surface area (Å²) in [4.78, 5) is 16.2. The molecule has 0 atom stereocenters. The van der Waals surface area contributed by atoms with E-state index in [1.807, 2.05) is 58.3 Å². The van der Waals surface area contributed by atoms with Crippen molar-refractivity contribution >= 4 is 193 Å². The number of para-hydroxylation sites is 9. The van der Waals surface area contributed by atoms with Crippen LogP contribution in [0.25, 0.3) is 211 Å². The highest BCUT2D eigenvalue weighted by Crippen LogP contribution is 2.50. The molecule has 0 saturated heterocycles. The Morgan fingerprint density at radius 1 is 0.263 bits per heavy atom. The SMILES string of the molecule is c1ccc(-n2c(-n3c4ccccc4c4ccc5sc6c(-c7cccc(-n8c(-n9c%10ccccc%10c%10c%11sc%12ccc(-c%13ccc%14c%15cc%16c(cc%15n(-c%15nc%17ccccc%17o%15)c%14c%13)sc%13ccccc%13%16)cc%12c%11ccc%109)nc9ccccc98)c7)cccc6c5c43)nc3ccccc32)cc1. The van der Waals surface area contributed by atoms with Crippen molar-refractivity contribution in [1.29, 1.82) is 0 Å². The minimum absolute atomic E-state index is 0.559. The second kappa shape index (κ2) is 20.1. The van der Waals surface area contributed by atoms with Gasteiger partial charge in [-0.1, -0.05) is 170 Å². The van der Waals surface area contributed by atoms with Crippen molar-refractivity contribution < 1.29 is 4.42 Å². The second-order valence-corrected chi connectivity index (χ2v) is 29.0. The van der Waals surface area contributed by atoms with E-state index in [9.17, 15) is 0 Å². The van der Waals surface area contributed by atoms with Crippen LogP contribution in [-0.4, -0.2) is 37.8 Å². The van der Waals surface area contributed by atoms with Crippen LogP contribution in [0, 0.1) is 0 Å². The maximum Gasteiger partial charge on any atom is 0.307 e. The minimum Gasteiger partial charge on any atom is -0.423 e. The molecule has 0 spiro atoms.